The predicted molar refractivity (Wildman–Crippen MR) is 173 cm³/mol. The van der Waals surface area contributed by atoms with Crippen molar-refractivity contribution in [2.75, 3.05) is 38.2 Å². The lowest BCUT2D eigenvalue weighted by atomic mass is 9.85. The van der Waals surface area contributed by atoms with Crippen molar-refractivity contribution in [1.82, 2.24) is 30.8 Å². The van der Waals surface area contributed by atoms with Gasteiger partial charge in [0, 0.05) is 22.3 Å². The summed E-state index contributed by atoms with van der Waals surface area (Å²) >= 11 is 1.58. The molecule has 0 fully saturated rings. The standard InChI is InChI=1S/C32H36N6O8S/c1-4-32(46-27(41)14-35-25(39)12-34-26(40)13-36-29(42)23(33-3)17-47-5-2)21-11-24-28-19(10-18-8-6-7-9-22(18)37-28)15-38(24)30(43)20(21)16-45-31(32)44/h6-11,23,33H,4-5,12-17H2,1-3H3,(H,34,40)(H,35,39)(H,36,42)/t23-,32+/m1/s1. The molecular weight excluding hydrogens is 628 g/mol. The number of fused-ring (bicyclic) bond motifs is 5. The Labute approximate surface area is 274 Å². The molecular formula is C32H36N6O8S. The summed E-state index contributed by atoms with van der Waals surface area (Å²) in [5, 5.41) is 11.0. The van der Waals surface area contributed by atoms with Crippen molar-refractivity contribution in [3.8, 4) is 11.4 Å². The first-order valence-electron chi connectivity index (χ1n) is 15.2. The Kier molecular flexibility index (Phi) is 10.3. The SMILES string of the molecule is CCSC[C@@H](NC)C(=O)NCC(=O)NCC(=O)NCC(=O)O[C@]1(CC)C(=O)OCc2c1cc1n(c2=O)Cc2cc3ccccc3nc2-1. The van der Waals surface area contributed by atoms with Gasteiger partial charge >= 0.3 is 11.9 Å². The number of carbonyl (C=O) groups is 5. The van der Waals surface area contributed by atoms with E-state index in [0.717, 1.165) is 22.2 Å². The maximum absolute atomic E-state index is 13.7. The zero-order valence-corrected chi connectivity index (χ0v) is 27.1. The molecule has 1 aromatic carbocycles. The molecule has 0 saturated heterocycles. The molecule has 2 aromatic heterocycles. The summed E-state index contributed by atoms with van der Waals surface area (Å²) in [5.41, 5.74) is 0.824. The Morgan fingerprint density at radius 1 is 1.04 bits per heavy atom. The van der Waals surface area contributed by atoms with Crippen LogP contribution in [0.5, 0.6) is 0 Å². The second-order valence-corrected chi connectivity index (χ2v) is 12.3. The zero-order valence-electron chi connectivity index (χ0n) is 26.3. The summed E-state index contributed by atoms with van der Waals surface area (Å²) in [5.74, 6) is -2.02. The third-order valence-electron chi connectivity index (χ3n) is 8.13. The van der Waals surface area contributed by atoms with E-state index in [0.29, 0.717) is 23.7 Å². The summed E-state index contributed by atoms with van der Waals surface area (Å²) in [4.78, 5) is 81.4. The van der Waals surface area contributed by atoms with E-state index in [1.165, 1.54) is 0 Å². The number of amides is 3. The van der Waals surface area contributed by atoms with Crippen LogP contribution < -0.4 is 26.8 Å². The average Bonchev–Trinajstić information content (AvgIpc) is 3.43. The Balaban J connectivity index is 1.23. The number of nitrogens with zero attached hydrogens (tertiary/aromatic N) is 2. The maximum Gasteiger partial charge on any atom is 0.355 e. The first-order chi connectivity index (χ1) is 22.6. The molecule has 5 rings (SSSR count). The van der Waals surface area contributed by atoms with E-state index >= 15 is 0 Å². The van der Waals surface area contributed by atoms with E-state index in [4.69, 9.17) is 14.5 Å². The van der Waals surface area contributed by atoms with Crippen molar-refractivity contribution in [3.63, 3.8) is 0 Å². The zero-order chi connectivity index (χ0) is 33.7. The van der Waals surface area contributed by atoms with Gasteiger partial charge in [-0.3, -0.25) is 24.0 Å². The van der Waals surface area contributed by atoms with Crippen LogP contribution in [0.1, 0.15) is 37.0 Å². The lowest BCUT2D eigenvalue weighted by molar-refractivity contribution is -0.189. The fourth-order valence-electron chi connectivity index (χ4n) is 5.60. The van der Waals surface area contributed by atoms with Crippen molar-refractivity contribution in [2.45, 2.75) is 45.1 Å². The normalized spacial score (nSPS) is 16.7. The minimum atomic E-state index is -1.92. The van der Waals surface area contributed by atoms with Gasteiger partial charge in [0.2, 0.25) is 23.3 Å². The fraction of sp³-hybridized carbons (Fsp3) is 0.406. The van der Waals surface area contributed by atoms with Gasteiger partial charge in [-0.05, 0) is 37.4 Å². The van der Waals surface area contributed by atoms with Crippen LogP contribution in [-0.4, -0.2) is 83.4 Å². The highest BCUT2D eigenvalue weighted by Gasteiger charge is 2.50. The second kappa shape index (κ2) is 14.3. The van der Waals surface area contributed by atoms with E-state index in [1.54, 1.807) is 36.4 Å². The van der Waals surface area contributed by atoms with Crippen LogP contribution in [0, 0.1) is 0 Å². The van der Waals surface area contributed by atoms with Gasteiger partial charge in [-0.1, -0.05) is 32.0 Å². The molecule has 47 heavy (non-hydrogen) atoms. The molecule has 15 heteroatoms. The average molecular weight is 665 g/mol. The lowest BCUT2D eigenvalue weighted by Gasteiger charge is -2.35. The molecule has 2 atom stereocenters. The number of hydrogen-bond donors (Lipinski definition) is 4. The number of cyclic esters (lactones) is 1. The van der Waals surface area contributed by atoms with Crippen molar-refractivity contribution in [2.24, 2.45) is 0 Å². The maximum atomic E-state index is 13.7. The first kappa shape index (κ1) is 33.6. The minimum absolute atomic E-state index is 0.0350. The van der Waals surface area contributed by atoms with Crippen LogP contribution in [0.3, 0.4) is 0 Å². The smallest absolute Gasteiger partial charge is 0.355 e. The predicted octanol–water partition coefficient (Wildman–Crippen LogP) is 0.320. The molecule has 2 aliphatic rings. The number of ether oxygens (including phenoxy) is 2. The Morgan fingerprint density at radius 3 is 2.49 bits per heavy atom. The van der Waals surface area contributed by atoms with E-state index in [-0.39, 0.29) is 42.2 Å². The number of para-hydroxylation sites is 1. The highest BCUT2D eigenvalue weighted by Crippen LogP contribution is 2.40. The van der Waals surface area contributed by atoms with Gasteiger partial charge in [0.05, 0.1) is 48.1 Å². The van der Waals surface area contributed by atoms with Crippen molar-refractivity contribution in [1.29, 1.82) is 0 Å². The molecule has 2 aliphatic heterocycles. The quantitative estimate of drug-likeness (QED) is 0.144. The van der Waals surface area contributed by atoms with Crippen LogP contribution >= 0.6 is 11.8 Å². The number of hydrogen-bond acceptors (Lipinski definition) is 11. The highest BCUT2D eigenvalue weighted by molar-refractivity contribution is 7.99. The third kappa shape index (κ3) is 6.86. The van der Waals surface area contributed by atoms with Gasteiger partial charge in [-0.25, -0.2) is 9.78 Å². The van der Waals surface area contributed by atoms with Crippen molar-refractivity contribution < 1.29 is 33.4 Å². The number of likely N-dealkylation sites (N-methyl/N-ethyl adjacent to an activating group) is 1. The van der Waals surface area contributed by atoms with Gasteiger partial charge in [-0.15, -0.1) is 0 Å². The summed E-state index contributed by atoms with van der Waals surface area (Å²) in [7, 11) is 1.65. The van der Waals surface area contributed by atoms with Gasteiger partial charge in [0.15, 0.2) is 0 Å². The molecule has 0 aliphatic carbocycles. The molecule has 0 saturated carbocycles. The number of carbonyl (C=O) groups excluding carboxylic acids is 5. The van der Waals surface area contributed by atoms with Gasteiger partial charge in [-0.2, -0.15) is 11.8 Å². The molecule has 0 bridgehead atoms. The molecule has 3 aromatic rings. The highest BCUT2D eigenvalue weighted by atomic mass is 32.2. The van der Waals surface area contributed by atoms with E-state index in [1.807, 2.05) is 37.3 Å². The molecule has 4 heterocycles. The molecule has 0 spiro atoms. The molecule has 4 N–H and O–H groups in total. The fourth-order valence-corrected chi connectivity index (χ4v) is 6.39. The molecule has 248 valence electrons. The van der Waals surface area contributed by atoms with Gasteiger partial charge < -0.3 is 35.3 Å². The van der Waals surface area contributed by atoms with Gasteiger partial charge in [0.1, 0.15) is 13.2 Å². The van der Waals surface area contributed by atoms with Crippen LogP contribution in [-0.2, 0) is 52.2 Å². The van der Waals surface area contributed by atoms with Crippen LogP contribution in [0.25, 0.3) is 22.3 Å². The molecule has 3 amide bonds. The molecule has 0 radical (unpaired) electrons. The summed E-state index contributed by atoms with van der Waals surface area (Å²) in [6, 6.07) is 10.8. The minimum Gasteiger partial charge on any atom is -0.457 e. The van der Waals surface area contributed by atoms with E-state index in [9.17, 15) is 28.8 Å². The van der Waals surface area contributed by atoms with E-state index in [2.05, 4.69) is 21.3 Å². The number of rotatable bonds is 13. The third-order valence-corrected chi connectivity index (χ3v) is 9.10. The van der Waals surface area contributed by atoms with Crippen molar-refractivity contribution >= 4 is 52.3 Å². The van der Waals surface area contributed by atoms with E-state index < -0.39 is 48.5 Å². The monoisotopic (exact) mass is 664 g/mol. The number of benzene rings is 1. The number of thioether (sulfide) groups is 1. The van der Waals surface area contributed by atoms with Crippen LogP contribution in [0.4, 0.5) is 0 Å². The summed E-state index contributed by atoms with van der Waals surface area (Å²) < 4.78 is 12.6. The molecule has 14 nitrogen and oxygen atoms in total. The van der Waals surface area contributed by atoms with Crippen molar-refractivity contribution in [3.05, 3.63) is 63.4 Å². The largest absolute Gasteiger partial charge is 0.457 e. The number of pyridine rings is 2. The van der Waals surface area contributed by atoms with Gasteiger partial charge in [0.25, 0.3) is 5.56 Å². The first-order valence-corrected chi connectivity index (χ1v) is 16.4. The Morgan fingerprint density at radius 2 is 1.77 bits per heavy atom. The summed E-state index contributed by atoms with van der Waals surface area (Å²) in [6.45, 7) is 2.22. The Bertz CT molecular complexity index is 1810. The van der Waals surface area contributed by atoms with Crippen LogP contribution in [0.2, 0.25) is 0 Å². The number of esters is 2. The Hall–Kier alpha value is -4.76. The topological polar surface area (TPSA) is 187 Å². The number of nitrogens with one attached hydrogen (secondary N) is 4. The van der Waals surface area contributed by atoms with Crippen LogP contribution in [0.15, 0.2) is 41.2 Å². The lowest BCUT2D eigenvalue weighted by Crippen LogP contribution is -2.49. The summed E-state index contributed by atoms with van der Waals surface area (Å²) in [6.07, 6.45) is -0.0350. The second-order valence-electron chi connectivity index (χ2n) is 11.0. The molecule has 0 unspecified atom stereocenters. The number of aromatic nitrogens is 2.